The smallest absolute Gasteiger partial charge is 0.328 e. The second-order valence-electron chi connectivity index (χ2n) is 14.2. The van der Waals surface area contributed by atoms with Crippen LogP contribution in [-0.4, -0.2) is 98.0 Å². The Morgan fingerprint density at radius 2 is 1.65 bits per heavy atom. The molecule has 3 aromatic carbocycles. The molecule has 3 atom stereocenters. The Bertz CT molecular complexity index is 2030. The number of imidazole rings is 1. The molecule has 3 N–H and O–H groups in total. The second-order valence-corrected chi connectivity index (χ2v) is 16.1. The summed E-state index contributed by atoms with van der Waals surface area (Å²) in [6.45, 7) is 8.25. The van der Waals surface area contributed by atoms with Gasteiger partial charge in [0.25, 0.3) is 5.91 Å². The van der Waals surface area contributed by atoms with Crippen molar-refractivity contribution in [1.82, 2.24) is 29.0 Å². The van der Waals surface area contributed by atoms with Crippen LogP contribution in [0.15, 0.2) is 77.7 Å². The van der Waals surface area contributed by atoms with Crippen molar-refractivity contribution in [2.45, 2.75) is 70.7 Å². The summed E-state index contributed by atoms with van der Waals surface area (Å²) in [6.07, 6.45) is -1.20. The molecule has 1 unspecified atom stereocenters. The van der Waals surface area contributed by atoms with Crippen LogP contribution in [0.3, 0.4) is 0 Å². The molecule has 2 heterocycles. The number of rotatable bonds is 15. The van der Waals surface area contributed by atoms with Crippen LogP contribution < -0.4 is 5.32 Å². The molecule has 1 fully saturated rings. The summed E-state index contributed by atoms with van der Waals surface area (Å²) >= 11 is 0. The van der Waals surface area contributed by atoms with E-state index in [0.717, 1.165) is 21.5 Å². The van der Waals surface area contributed by atoms with Crippen molar-refractivity contribution in [2.75, 3.05) is 19.6 Å². The molecule has 0 bridgehead atoms. The van der Waals surface area contributed by atoms with Crippen LogP contribution in [0.1, 0.15) is 44.6 Å². The lowest BCUT2D eigenvalue weighted by atomic mass is 9.97. The van der Waals surface area contributed by atoms with Gasteiger partial charge in [-0.05, 0) is 66.6 Å². The molecule has 1 aliphatic rings. The number of fused-ring (bicyclic) bond motifs is 1. The first-order valence-electron chi connectivity index (χ1n) is 17.4. The number of sulfonamides is 1. The van der Waals surface area contributed by atoms with E-state index >= 15 is 0 Å². The van der Waals surface area contributed by atoms with Crippen molar-refractivity contribution in [3.05, 3.63) is 89.7 Å². The van der Waals surface area contributed by atoms with E-state index in [9.17, 15) is 33.0 Å². The number of aryl methyl sites for hydroxylation is 2. The van der Waals surface area contributed by atoms with E-state index in [4.69, 9.17) is 0 Å². The lowest BCUT2D eigenvalue weighted by molar-refractivity contribution is -0.129. The van der Waals surface area contributed by atoms with Gasteiger partial charge >= 0.3 is 6.03 Å². The maximum Gasteiger partial charge on any atom is 0.328 e. The number of phenols is 1. The summed E-state index contributed by atoms with van der Waals surface area (Å²) in [7, 11) is -2.30. The van der Waals surface area contributed by atoms with E-state index in [0.29, 0.717) is 11.4 Å². The number of aliphatic hydroxyl groups is 1. The van der Waals surface area contributed by atoms with Crippen molar-refractivity contribution in [1.29, 1.82) is 0 Å². The monoisotopic (exact) mass is 732 g/mol. The first-order valence-corrected chi connectivity index (χ1v) is 18.9. The largest absolute Gasteiger partial charge is 0.508 e. The Balaban J connectivity index is 1.39. The predicted molar refractivity (Wildman–Crippen MR) is 197 cm³/mol. The van der Waals surface area contributed by atoms with Crippen molar-refractivity contribution in [2.24, 2.45) is 18.9 Å². The summed E-state index contributed by atoms with van der Waals surface area (Å²) in [5.41, 5.74) is 2.77. The third kappa shape index (κ3) is 8.30. The average Bonchev–Trinajstić information content (AvgIpc) is 3.55. The van der Waals surface area contributed by atoms with Gasteiger partial charge in [-0.3, -0.25) is 14.5 Å². The first kappa shape index (κ1) is 38.4. The fourth-order valence-electron chi connectivity index (χ4n) is 6.59. The number of para-hydroxylation sites is 2. The summed E-state index contributed by atoms with van der Waals surface area (Å²) in [6, 6.07) is 18.0. The van der Waals surface area contributed by atoms with Crippen molar-refractivity contribution >= 4 is 38.9 Å². The number of aliphatic hydroxyl groups excluding tert-OH is 1. The van der Waals surface area contributed by atoms with E-state index in [1.807, 2.05) is 80.1 Å². The van der Waals surface area contributed by atoms with Gasteiger partial charge in [-0.15, -0.1) is 0 Å². The van der Waals surface area contributed by atoms with Gasteiger partial charge in [-0.25, -0.2) is 18.2 Å². The average molecular weight is 733 g/mol. The molecule has 52 heavy (non-hydrogen) atoms. The van der Waals surface area contributed by atoms with Gasteiger partial charge in [0, 0.05) is 20.1 Å². The number of amides is 4. The molecule has 14 heteroatoms. The number of imide groups is 1. The SMILES string of the molecule is Cc1cc(S(=O)(=O)N(CC(C)C)C[C@@H](O)[C@H](Cc2ccccc2)NC(=O)C(C(C)C)N2CC(=O)N(Cc3nc4ccccc4n3C)C2=O)ccc1O. The van der Waals surface area contributed by atoms with Crippen molar-refractivity contribution in [3.8, 4) is 5.75 Å². The normalized spacial score (nSPS) is 15.7. The van der Waals surface area contributed by atoms with Crippen LogP contribution in [0.5, 0.6) is 5.75 Å². The van der Waals surface area contributed by atoms with Gasteiger partial charge in [-0.2, -0.15) is 4.31 Å². The highest BCUT2D eigenvalue weighted by Gasteiger charge is 2.45. The van der Waals surface area contributed by atoms with Crippen molar-refractivity contribution in [3.63, 3.8) is 0 Å². The number of aromatic hydroxyl groups is 1. The van der Waals surface area contributed by atoms with E-state index in [2.05, 4.69) is 10.3 Å². The zero-order valence-corrected chi connectivity index (χ0v) is 31.2. The highest BCUT2D eigenvalue weighted by Crippen LogP contribution is 2.26. The Kier molecular flexibility index (Phi) is 11.7. The number of hydrogen-bond acceptors (Lipinski definition) is 8. The Morgan fingerprint density at radius 3 is 2.29 bits per heavy atom. The molecule has 1 saturated heterocycles. The highest BCUT2D eigenvalue weighted by atomic mass is 32.2. The minimum Gasteiger partial charge on any atom is -0.508 e. The maximum absolute atomic E-state index is 14.2. The fraction of sp³-hybridized carbons (Fsp3) is 0.421. The summed E-state index contributed by atoms with van der Waals surface area (Å²) < 4.78 is 30.8. The molecule has 0 spiro atoms. The molecular weight excluding hydrogens is 685 g/mol. The van der Waals surface area contributed by atoms with E-state index in [-0.39, 0.29) is 49.2 Å². The third-order valence-corrected chi connectivity index (χ3v) is 11.2. The van der Waals surface area contributed by atoms with E-state index < -0.39 is 52.0 Å². The summed E-state index contributed by atoms with van der Waals surface area (Å²) in [5.74, 6) is -1.07. The maximum atomic E-state index is 14.2. The number of phenolic OH excluding ortho intramolecular Hbond substituents is 1. The number of urea groups is 1. The van der Waals surface area contributed by atoms with Crippen LogP contribution in [0, 0.1) is 18.8 Å². The van der Waals surface area contributed by atoms with Gasteiger partial charge in [-0.1, -0.05) is 70.2 Å². The number of carbonyl (C=O) groups excluding carboxylic acids is 3. The molecule has 1 aromatic heterocycles. The van der Waals surface area contributed by atoms with Crippen molar-refractivity contribution < 1.29 is 33.0 Å². The minimum absolute atomic E-state index is 0.0282. The third-order valence-electron chi connectivity index (χ3n) is 9.35. The number of nitrogens with one attached hydrogen (secondary N) is 1. The van der Waals surface area contributed by atoms with Crippen LogP contribution in [-0.2, 0) is 39.6 Å². The molecule has 5 rings (SSSR count). The number of carbonyl (C=O) groups is 3. The van der Waals surface area contributed by atoms with Crippen LogP contribution in [0.2, 0.25) is 0 Å². The Labute approximate surface area is 304 Å². The zero-order valence-electron chi connectivity index (χ0n) is 30.4. The van der Waals surface area contributed by atoms with Gasteiger partial charge in [0.15, 0.2) is 0 Å². The first-order chi connectivity index (χ1) is 24.6. The summed E-state index contributed by atoms with van der Waals surface area (Å²) in [5, 5.41) is 24.7. The topological polar surface area (TPSA) is 165 Å². The van der Waals surface area contributed by atoms with Crippen LogP contribution in [0.4, 0.5) is 4.79 Å². The van der Waals surface area contributed by atoms with Gasteiger partial charge < -0.3 is 25.0 Å². The molecule has 0 saturated carbocycles. The molecule has 1 aliphatic heterocycles. The van der Waals surface area contributed by atoms with Gasteiger partial charge in [0.2, 0.25) is 15.9 Å². The zero-order chi connectivity index (χ0) is 37.9. The summed E-state index contributed by atoms with van der Waals surface area (Å²) in [4.78, 5) is 48.2. The highest BCUT2D eigenvalue weighted by molar-refractivity contribution is 7.89. The lowest BCUT2D eigenvalue weighted by Crippen LogP contribution is -2.57. The number of aromatic nitrogens is 2. The fourth-order valence-corrected chi connectivity index (χ4v) is 8.29. The minimum atomic E-state index is -4.12. The molecule has 0 radical (unpaired) electrons. The predicted octanol–water partition coefficient (Wildman–Crippen LogP) is 3.81. The second kappa shape index (κ2) is 15.8. The molecule has 4 amide bonds. The number of nitrogens with zero attached hydrogens (tertiary/aromatic N) is 5. The van der Waals surface area contributed by atoms with Gasteiger partial charge in [0.05, 0.1) is 34.6 Å². The van der Waals surface area contributed by atoms with Crippen LogP contribution >= 0.6 is 0 Å². The Morgan fingerprint density at radius 1 is 0.981 bits per heavy atom. The number of benzene rings is 3. The lowest BCUT2D eigenvalue weighted by Gasteiger charge is -2.34. The van der Waals surface area contributed by atoms with E-state index in [1.165, 1.54) is 27.4 Å². The molecular formula is C38H48N6O7S. The molecule has 0 aliphatic carbocycles. The quantitative estimate of drug-likeness (QED) is 0.155. The molecule has 4 aromatic rings. The van der Waals surface area contributed by atoms with E-state index in [1.54, 1.807) is 20.8 Å². The standard InChI is InChI=1S/C38H48N6O7S/c1-24(2)20-42(52(50,51)28-16-17-32(45)26(5)18-28)21-33(46)30(19-27-12-8-7-9-13-27)40-37(48)36(25(3)4)44-23-35(47)43(38(44)49)22-34-39-29-14-10-11-15-31(29)41(34)6/h7-18,24-25,30,33,36,45-46H,19-23H2,1-6H3,(H,40,48)/t30-,33+,36?/m0/s1. The molecule has 278 valence electrons. The van der Waals surface area contributed by atoms with Gasteiger partial charge in [0.1, 0.15) is 24.2 Å². The van der Waals surface area contributed by atoms with Crippen LogP contribution in [0.25, 0.3) is 11.0 Å². The molecule has 13 nitrogen and oxygen atoms in total. The Hall–Kier alpha value is -4.79. The number of hydrogen-bond donors (Lipinski definition) is 3.